The summed E-state index contributed by atoms with van der Waals surface area (Å²) in [5.74, 6) is -0.493. The molecule has 3 aromatic carbocycles. The van der Waals surface area contributed by atoms with Crippen molar-refractivity contribution >= 4 is 44.9 Å². The number of nitrogens with zero attached hydrogens (tertiary/aromatic N) is 2. The predicted octanol–water partition coefficient (Wildman–Crippen LogP) is 7.43. The van der Waals surface area contributed by atoms with Gasteiger partial charge in [0.05, 0.1) is 39.9 Å². The van der Waals surface area contributed by atoms with E-state index in [0.29, 0.717) is 30.3 Å². The molecule has 5 rings (SSSR count). The molecule has 1 amide bonds. The van der Waals surface area contributed by atoms with Crippen LogP contribution in [-0.4, -0.2) is 57.2 Å². The Bertz CT molecular complexity index is 1730. The lowest BCUT2D eigenvalue weighted by atomic mass is 10.0. The number of amides is 1. The minimum Gasteiger partial charge on any atom is -0.486 e. The summed E-state index contributed by atoms with van der Waals surface area (Å²) in [5.41, 5.74) is 0.118. The van der Waals surface area contributed by atoms with E-state index in [-0.39, 0.29) is 59.5 Å². The van der Waals surface area contributed by atoms with Gasteiger partial charge in [0.25, 0.3) is 10.0 Å². The number of hydrogen-bond acceptors (Lipinski definition) is 5. The van der Waals surface area contributed by atoms with Crippen molar-refractivity contribution in [1.82, 2.24) is 4.90 Å². The van der Waals surface area contributed by atoms with Gasteiger partial charge in [-0.3, -0.25) is 9.10 Å². The number of ether oxygens (including phenoxy) is 2. The maximum atomic E-state index is 14.6. The summed E-state index contributed by atoms with van der Waals surface area (Å²) in [6, 6.07) is 12.5. The molecule has 13 heteroatoms. The smallest absolute Gasteiger partial charge is 0.416 e. The van der Waals surface area contributed by atoms with Gasteiger partial charge < -0.3 is 14.4 Å². The molecule has 0 aromatic heterocycles. The van der Waals surface area contributed by atoms with Crippen molar-refractivity contribution in [3.8, 4) is 5.75 Å². The zero-order chi connectivity index (χ0) is 33.4. The first-order valence-electron chi connectivity index (χ1n) is 14.7. The highest BCUT2D eigenvalue weighted by molar-refractivity contribution is 7.92. The van der Waals surface area contributed by atoms with Crippen LogP contribution in [0.25, 0.3) is 11.6 Å². The number of allylic oxidation sites excluding steroid dienone is 1. The van der Waals surface area contributed by atoms with Crippen molar-refractivity contribution < 1.29 is 40.2 Å². The Morgan fingerprint density at radius 2 is 1.72 bits per heavy atom. The Morgan fingerprint density at radius 1 is 1.02 bits per heavy atom. The molecule has 0 saturated carbocycles. The summed E-state index contributed by atoms with van der Waals surface area (Å²) in [7, 11) is -4.54. The lowest BCUT2D eigenvalue weighted by molar-refractivity contribution is -0.143. The summed E-state index contributed by atoms with van der Waals surface area (Å²) in [6.45, 7) is 6.02. The fraction of sp³-hybridized carbons (Fsp3) is 0.364. The van der Waals surface area contributed by atoms with Gasteiger partial charge in [0.15, 0.2) is 0 Å². The number of anilines is 1. The van der Waals surface area contributed by atoms with E-state index in [2.05, 4.69) is 0 Å². The third-order valence-corrected chi connectivity index (χ3v) is 9.95. The molecule has 2 aliphatic rings. The standard InChI is InChI=1S/C33H33ClF4N2O5S/c1-20(32-27(34)8-5-9-28(32)35)14-23-10-12-30-29(15-23)40(46(42,43)26-7-4-6-24(16-26)33(36,37)38)19-25(45-30)11-13-31(41)39-17-21(2)44-22(3)18-39/h4-10,12,14-16,21-22,25H,11,13,17-19H2,1-3H3. The average Bonchev–Trinajstić information content (AvgIpc) is 2.98. The average molecular weight is 681 g/mol. The van der Waals surface area contributed by atoms with Crippen LogP contribution in [0.5, 0.6) is 5.75 Å². The summed E-state index contributed by atoms with van der Waals surface area (Å²) in [5, 5.41) is 0.196. The van der Waals surface area contributed by atoms with Crippen LogP contribution < -0.4 is 9.04 Å². The molecule has 246 valence electrons. The zero-order valence-electron chi connectivity index (χ0n) is 25.4. The molecule has 0 spiro atoms. The number of sulfonamides is 1. The van der Waals surface area contributed by atoms with Crippen molar-refractivity contribution in [3.63, 3.8) is 0 Å². The van der Waals surface area contributed by atoms with Crippen LogP contribution >= 0.6 is 11.6 Å². The molecule has 2 heterocycles. The van der Waals surface area contributed by atoms with Crippen LogP contribution in [0.2, 0.25) is 5.02 Å². The number of carbonyl (C=O) groups excluding carboxylic acids is 1. The predicted molar refractivity (Wildman–Crippen MR) is 168 cm³/mol. The molecule has 0 N–H and O–H groups in total. The maximum Gasteiger partial charge on any atom is 0.416 e. The minimum absolute atomic E-state index is 0.0697. The third kappa shape index (κ3) is 7.34. The number of rotatable bonds is 7. The number of halogens is 5. The molecule has 3 aromatic rings. The van der Waals surface area contributed by atoms with E-state index < -0.39 is 38.6 Å². The van der Waals surface area contributed by atoms with Crippen molar-refractivity contribution in [3.05, 3.63) is 88.2 Å². The SMILES string of the molecule is CC(=Cc1ccc2c(c1)N(S(=O)(=O)c1cccc(C(F)(F)F)c1)CC(CCC(=O)N1CC(C)OC(C)C1)O2)c1c(F)cccc1Cl. The fourth-order valence-corrected chi connectivity index (χ4v) is 7.63. The van der Waals surface area contributed by atoms with Crippen LogP contribution in [0.4, 0.5) is 23.2 Å². The molecule has 3 atom stereocenters. The van der Waals surface area contributed by atoms with Gasteiger partial charge in [-0.25, -0.2) is 12.8 Å². The van der Waals surface area contributed by atoms with Gasteiger partial charge in [-0.05, 0) is 80.8 Å². The monoisotopic (exact) mass is 680 g/mol. The molecular weight excluding hydrogens is 648 g/mol. The van der Waals surface area contributed by atoms with Gasteiger partial charge in [-0.15, -0.1) is 0 Å². The number of morpholine rings is 1. The molecule has 2 aliphatic heterocycles. The van der Waals surface area contributed by atoms with Gasteiger partial charge >= 0.3 is 6.18 Å². The molecule has 3 unspecified atom stereocenters. The van der Waals surface area contributed by atoms with E-state index in [0.717, 1.165) is 22.5 Å². The molecule has 0 radical (unpaired) electrons. The van der Waals surface area contributed by atoms with Crippen LogP contribution in [0, 0.1) is 5.82 Å². The Balaban J connectivity index is 1.49. The maximum absolute atomic E-state index is 14.6. The molecule has 1 saturated heterocycles. The van der Waals surface area contributed by atoms with Crippen LogP contribution in [-0.2, 0) is 25.7 Å². The molecule has 7 nitrogen and oxygen atoms in total. The summed E-state index contributed by atoms with van der Waals surface area (Å²) in [6.07, 6.45) is -3.92. The first-order valence-corrected chi connectivity index (χ1v) is 16.5. The number of alkyl halides is 3. The largest absolute Gasteiger partial charge is 0.486 e. The number of fused-ring (bicyclic) bond motifs is 1. The second-order valence-electron chi connectivity index (χ2n) is 11.5. The fourth-order valence-electron chi connectivity index (χ4n) is 5.78. The Labute approximate surface area is 270 Å². The van der Waals surface area contributed by atoms with Crippen LogP contribution in [0.3, 0.4) is 0 Å². The summed E-state index contributed by atoms with van der Waals surface area (Å²) in [4.78, 5) is 14.2. The van der Waals surface area contributed by atoms with E-state index in [1.165, 1.54) is 18.2 Å². The summed E-state index contributed by atoms with van der Waals surface area (Å²) >= 11 is 6.23. The van der Waals surface area contributed by atoms with Gasteiger partial charge in [0.1, 0.15) is 17.7 Å². The van der Waals surface area contributed by atoms with Crippen molar-refractivity contribution in [2.75, 3.05) is 23.9 Å². The Kier molecular flexibility index (Phi) is 9.72. The normalized spacial score (nSPS) is 20.7. The first-order chi connectivity index (χ1) is 21.6. The van der Waals surface area contributed by atoms with E-state index in [4.69, 9.17) is 21.1 Å². The topological polar surface area (TPSA) is 76.2 Å². The van der Waals surface area contributed by atoms with Gasteiger partial charge in [0, 0.05) is 25.1 Å². The Morgan fingerprint density at radius 3 is 2.39 bits per heavy atom. The first kappa shape index (κ1) is 33.7. The van der Waals surface area contributed by atoms with E-state index in [9.17, 15) is 30.8 Å². The van der Waals surface area contributed by atoms with Crippen LogP contribution in [0.15, 0.2) is 65.6 Å². The second kappa shape index (κ2) is 13.2. The molecule has 1 fully saturated rings. The van der Waals surface area contributed by atoms with E-state index in [1.807, 2.05) is 13.8 Å². The third-order valence-electron chi connectivity index (χ3n) is 7.86. The number of carbonyl (C=O) groups is 1. The lowest BCUT2D eigenvalue weighted by Gasteiger charge is -2.37. The molecule has 0 bridgehead atoms. The van der Waals surface area contributed by atoms with Crippen molar-refractivity contribution in [2.45, 2.75) is 63.0 Å². The molecule has 46 heavy (non-hydrogen) atoms. The summed E-state index contributed by atoms with van der Waals surface area (Å²) < 4.78 is 96.1. The quantitative estimate of drug-likeness (QED) is 0.192. The van der Waals surface area contributed by atoms with Gasteiger partial charge in [0.2, 0.25) is 5.91 Å². The molecular formula is C33H33ClF4N2O5S. The number of hydrogen-bond donors (Lipinski definition) is 0. The van der Waals surface area contributed by atoms with Crippen LogP contribution in [0.1, 0.15) is 50.3 Å². The minimum atomic E-state index is -4.75. The van der Waals surface area contributed by atoms with Gasteiger partial charge in [-0.2, -0.15) is 13.2 Å². The van der Waals surface area contributed by atoms with E-state index >= 15 is 0 Å². The highest BCUT2D eigenvalue weighted by atomic mass is 35.5. The van der Waals surface area contributed by atoms with Crippen molar-refractivity contribution in [2.24, 2.45) is 0 Å². The highest BCUT2D eigenvalue weighted by Crippen LogP contribution is 2.40. The lowest BCUT2D eigenvalue weighted by Crippen LogP contribution is -2.48. The van der Waals surface area contributed by atoms with Gasteiger partial charge in [-0.1, -0.05) is 35.9 Å². The molecule has 0 aliphatic carbocycles. The number of benzene rings is 3. The second-order valence-corrected chi connectivity index (χ2v) is 13.8. The zero-order valence-corrected chi connectivity index (χ0v) is 26.9. The Hall–Kier alpha value is -3.61. The highest BCUT2D eigenvalue weighted by Gasteiger charge is 2.37. The van der Waals surface area contributed by atoms with E-state index in [1.54, 1.807) is 36.1 Å². The van der Waals surface area contributed by atoms with Crippen molar-refractivity contribution in [1.29, 1.82) is 0 Å².